The monoisotopic (exact) mass is 333 g/mol. The van der Waals surface area contributed by atoms with Gasteiger partial charge in [0.25, 0.3) is 5.91 Å². The maximum absolute atomic E-state index is 12.5. The molecule has 0 spiro atoms. The number of oxazole rings is 1. The van der Waals surface area contributed by atoms with E-state index in [9.17, 15) is 9.59 Å². The van der Waals surface area contributed by atoms with Crippen LogP contribution in [0.25, 0.3) is 0 Å². The van der Waals surface area contributed by atoms with Crippen LogP contribution < -0.4 is 0 Å². The first-order valence-corrected chi connectivity index (χ1v) is 8.95. The molecule has 2 heterocycles. The van der Waals surface area contributed by atoms with Crippen LogP contribution in [-0.4, -0.2) is 53.8 Å². The minimum absolute atomic E-state index is 0.128. The van der Waals surface area contributed by atoms with Gasteiger partial charge in [0, 0.05) is 39.0 Å². The average Bonchev–Trinajstić information content (AvgIpc) is 3.23. The molecule has 2 aliphatic rings. The normalized spacial score (nSPS) is 19.7. The van der Waals surface area contributed by atoms with Gasteiger partial charge in [0.15, 0.2) is 11.6 Å². The Labute approximate surface area is 143 Å². The van der Waals surface area contributed by atoms with E-state index >= 15 is 0 Å². The first-order valence-electron chi connectivity index (χ1n) is 8.95. The van der Waals surface area contributed by atoms with Gasteiger partial charge in [0.2, 0.25) is 5.91 Å². The summed E-state index contributed by atoms with van der Waals surface area (Å²) in [4.78, 5) is 32.6. The van der Waals surface area contributed by atoms with Crippen molar-refractivity contribution in [1.82, 2.24) is 14.8 Å². The van der Waals surface area contributed by atoms with Crippen LogP contribution >= 0.6 is 0 Å². The Morgan fingerprint density at radius 2 is 1.75 bits per heavy atom. The zero-order chi connectivity index (χ0) is 17.3. The van der Waals surface area contributed by atoms with Crippen molar-refractivity contribution in [2.45, 2.75) is 51.4 Å². The molecule has 3 rings (SSSR count). The van der Waals surface area contributed by atoms with Gasteiger partial charge < -0.3 is 14.2 Å². The van der Waals surface area contributed by atoms with Crippen LogP contribution in [0.5, 0.6) is 0 Å². The summed E-state index contributed by atoms with van der Waals surface area (Å²) in [6.45, 7) is 3.31. The maximum atomic E-state index is 12.5. The van der Waals surface area contributed by atoms with E-state index in [1.165, 1.54) is 17.7 Å². The number of carbonyl (C=O) groups is 2. The number of nitrogens with zero attached hydrogens (tertiary/aromatic N) is 3. The molecule has 1 saturated carbocycles. The lowest BCUT2D eigenvalue weighted by Gasteiger charge is -2.32. The number of piperidine rings is 1. The minimum Gasteiger partial charge on any atom is -0.445 e. The van der Waals surface area contributed by atoms with Gasteiger partial charge in [-0.3, -0.25) is 9.59 Å². The first kappa shape index (κ1) is 17.0. The highest BCUT2D eigenvalue weighted by Gasteiger charge is 2.32. The number of amides is 2. The van der Waals surface area contributed by atoms with Crippen LogP contribution in [0.15, 0.2) is 4.42 Å². The number of likely N-dealkylation sites (tertiary alicyclic amines) is 1. The van der Waals surface area contributed by atoms with Gasteiger partial charge in [-0.15, -0.1) is 0 Å². The third-order valence-corrected chi connectivity index (χ3v) is 5.28. The first-order chi connectivity index (χ1) is 11.5. The van der Waals surface area contributed by atoms with Crippen LogP contribution in [0.4, 0.5) is 0 Å². The molecule has 0 radical (unpaired) electrons. The van der Waals surface area contributed by atoms with Gasteiger partial charge in [-0.25, -0.2) is 4.98 Å². The molecule has 24 heavy (non-hydrogen) atoms. The third kappa shape index (κ3) is 3.32. The standard InChI is InChI=1S/C18H27N3O3/c1-12-15(18(23)20(2)3)19-16(24-12)13-8-10-21(11-9-13)17(22)14-6-4-5-7-14/h13-14H,4-11H2,1-3H3. The van der Waals surface area contributed by atoms with Crippen molar-refractivity contribution in [3.63, 3.8) is 0 Å². The van der Waals surface area contributed by atoms with Crippen molar-refractivity contribution < 1.29 is 14.0 Å². The van der Waals surface area contributed by atoms with Crippen molar-refractivity contribution in [3.8, 4) is 0 Å². The molecule has 1 aromatic heterocycles. The summed E-state index contributed by atoms with van der Waals surface area (Å²) in [6.07, 6.45) is 6.18. The Bertz CT molecular complexity index is 609. The summed E-state index contributed by atoms with van der Waals surface area (Å²) in [5, 5.41) is 0. The van der Waals surface area contributed by atoms with Gasteiger partial charge in [-0.2, -0.15) is 0 Å². The van der Waals surface area contributed by atoms with Gasteiger partial charge in [0.05, 0.1) is 0 Å². The predicted octanol–water partition coefficient (Wildman–Crippen LogP) is 2.58. The summed E-state index contributed by atoms with van der Waals surface area (Å²) in [5.41, 5.74) is 0.402. The van der Waals surface area contributed by atoms with Gasteiger partial charge >= 0.3 is 0 Å². The van der Waals surface area contributed by atoms with Crippen molar-refractivity contribution in [3.05, 3.63) is 17.3 Å². The highest BCUT2D eigenvalue weighted by molar-refractivity contribution is 5.92. The predicted molar refractivity (Wildman–Crippen MR) is 89.8 cm³/mol. The molecule has 2 fully saturated rings. The van der Waals surface area contributed by atoms with E-state index in [1.54, 1.807) is 21.0 Å². The second-order valence-electron chi connectivity index (χ2n) is 7.24. The fourth-order valence-corrected chi connectivity index (χ4v) is 3.78. The molecule has 132 valence electrons. The quantitative estimate of drug-likeness (QED) is 0.853. The van der Waals surface area contributed by atoms with Crippen molar-refractivity contribution in [1.29, 1.82) is 0 Å². The molecule has 0 unspecified atom stereocenters. The number of rotatable bonds is 3. The number of carbonyl (C=O) groups excluding carboxylic acids is 2. The van der Waals surface area contributed by atoms with Crippen LogP contribution in [-0.2, 0) is 4.79 Å². The Morgan fingerprint density at radius 3 is 2.33 bits per heavy atom. The smallest absolute Gasteiger partial charge is 0.275 e. The molecule has 2 amide bonds. The molecule has 6 nitrogen and oxygen atoms in total. The molecule has 1 saturated heterocycles. The molecule has 1 aliphatic heterocycles. The number of hydrogen-bond acceptors (Lipinski definition) is 4. The third-order valence-electron chi connectivity index (χ3n) is 5.28. The van der Waals surface area contributed by atoms with E-state index in [4.69, 9.17) is 4.42 Å². The van der Waals surface area contributed by atoms with Gasteiger partial charge in [0.1, 0.15) is 5.76 Å². The summed E-state index contributed by atoms with van der Waals surface area (Å²) >= 11 is 0. The van der Waals surface area contributed by atoms with Crippen LogP contribution in [0.1, 0.15) is 66.6 Å². The van der Waals surface area contributed by atoms with Crippen molar-refractivity contribution in [2.24, 2.45) is 5.92 Å². The molecular weight excluding hydrogens is 306 g/mol. The highest BCUT2D eigenvalue weighted by atomic mass is 16.4. The Balaban J connectivity index is 1.61. The average molecular weight is 333 g/mol. The molecule has 0 N–H and O–H groups in total. The van der Waals surface area contributed by atoms with Crippen molar-refractivity contribution in [2.75, 3.05) is 27.2 Å². The van der Waals surface area contributed by atoms with E-state index in [2.05, 4.69) is 4.98 Å². The molecular formula is C18H27N3O3. The second kappa shape index (κ2) is 6.95. The summed E-state index contributed by atoms with van der Waals surface area (Å²) in [5.74, 6) is 1.86. The minimum atomic E-state index is -0.128. The fraction of sp³-hybridized carbons (Fsp3) is 0.722. The molecule has 0 bridgehead atoms. The van der Waals surface area contributed by atoms with Gasteiger partial charge in [-0.1, -0.05) is 12.8 Å². The van der Waals surface area contributed by atoms with E-state index in [0.717, 1.165) is 38.8 Å². The van der Waals surface area contributed by atoms with E-state index in [1.807, 2.05) is 4.90 Å². The SMILES string of the molecule is Cc1oc(C2CCN(C(=O)C3CCCC3)CC2)nc1C(=O)N(C)C. The molecule has 6 heteroatoms. The highest BCUT2D eigenvalue weighted by Crippen LogP contribution is 2.32. The zero-order valence-electron chi connectivity index (χ0n) is 14.9. The summed E-state index contributed by atoms with van der Waals surface area (Å²) < 4.78 is 5.76. The lowest BCUT2D eigenvalue weighted by molar-refractivity contribution is -0.136. The number of aromatic nitrogens is 1. The fourth-order valence-electron chi connectivity index (χ4n) is 3.78. The zero-order valence-corrected chi connectivity index (χ0v) is 14.9. The molecule has 0 aromatic carbocycles. The second-order valence-corrected chi connectivity index (χ2v) is 7.24. The van der Waals surface area contributed by atoms with E-state index < -0.39 is 0 Å². The van der Waals surface area contributed by atoms with Crippen molar-refractivity contribution >= 4 is 11.8 Å². The molecule has 0 atom stereocenters. The Kier molecular flexibility index (Phi) is 4.92. The topological polar surface area (TPSA) is 66.7 Å². The van der Waals surface area contributed by atoms with E-state index in [-0.39, 0.29) is 17.7 Å². The largest absolute Gasteiger partial charge is 0.445 e. The van der Waals surface area contributed by atoms with Gasteiger partial charge in [-0.05, 0) is 32.6 Å². The Morgan fingerprint density at radius 1 is 1.12 bits per heavy atom. The Hall–Kier alpha value is -1.85. The lowest BCUT2D eigenvalue weighted by Crippen LogP contribution is -2.40. The lowest BCUT2D eigenvalue weighted by atomic mass is 9.95. The van der Waals surface area contributed by atoms with Crippen LogP contribution in [0.2, 0.25) is 0 Å². The van der Waals surface area contributed by atoms with Crippen LogP contribution in [0, 0.1) is 12.8 Å². The maximum Gasteiger partial charge on any atom is 0.275 e. The summed E-state index contributed by atoms with van der Waals surface area (Å²) in [7, 11) is 3.42. The number of aryl methyl sites for hydroxylation is 1. The number of hydrogen-bond donors (Lipinski definition) is 0. The van der Waals surface area contributed by atoms with Crippen LogP contribution in [0.3, 0.4) is 0 Å². The van der Waals surface area contributed by atoms with E-state index in [0.29, 0.717) is 23.3 Å². The molecule has 1 aliphatic carbocycles. The molecule has 1 aromatic rings. The summed E-state index contributed by atoms with van der Waals surface area (Å²) in [6, 6.07) is 0.